The zero-order chi connectivity index (χ0) is 8.97. The Morgan fingerprint density at radius 3 is 2.83 bits per heavy atom. The Bertz CT molecular complexity index is 161. The van der Waals surface area contributed by atoms with E-state index in [9.17, 15) is 0 Å². The smallest absolute Gasteiger partial charge is 0.0403 e. The molecule has 0 amide bonds. The molecule has 1 rings (SSSR count). The van der Waals surface area contributed by atoms with Crippen molar-refractivity contribution in [2.24, 2.45) is 16.9 Å². The van der Waals surface area contributed by atoms with Crippen LogP contribution in [-0.4, -0.2) is 12.3 Å². The summed E-state index contributed by atoms with van der Waals surface area (Å²) < 4.78 is 0. The van der Waals surface area contributed by atoms with Gasteiger partial charge in [0.1, 0.15) is 0 Å². The van der Waals surface area contributed by atoms with Gasteiger partial charge < -0.3 is 5.43 Å². The highest BCUT2D eigenvalue weighted by molar-refractivity contribution is 5.86. The maximum absolute atomic E-state index is 4.38. The van der Waals surface area contributed by atoms with Gasteiger partial charge in [-0.1, -0.05) is 20.8 Å². The maximum Gasteiger partial charge on any atom is 0.0403 e. The van der Waals surface area contributed by atoms with Crippen molar-refractivity contribution in [3.8, 4) is 0 Å². The normalized spacial score (nSPS) is 30.0. The van der Waals surface area contributed by atoms with Crippen LogP contribution < -0.4 is 5.43 Å². The van der Waals surface area contributed by atoms with Gasteiger partial charge in [-0.2, -0.15) is 5.10 Å². The van der Waals surface area contributed by atoms with Crippen LogP contribution >= 0.6 is 0 Å². The van der Waals surface area contributed by atoms with Gasteiger partial charge in [0.25, 0.3) is 0 Å². The van der Waals surface area contributed by atoms with Crippen molar-refractivity contribution >= 4 is 5.71 Å². The summed E-state index contributed by atoms with van der Waals surface area (Å²) >= 11 is 0. The van der Waals surface area contributed by atoms with Gasteiger partial charge in [0.15, 0.2) is 0 Å². The largest absolute Gasteiger partial charge is 0.310 e. The first-order chi connectivity index (χ1) is 5.70. The molecule has 0 aromatic carbocycles. The van der Waals surface area contributed by atoms with E-state index in [-0.39, 0.29) is 0 Å². The maximum atomic E-state index is 4.38. The molecule has 1 atom stereocenters. The minimum atomic E-state index is 0.600. The second kappa shape index (κ2) is 4.48. The Hall–Kier alpha value is -0.530. The van der Waals surface area contributed by atoms with Crippen LogP contribution in [0.4, 0.5) is 0 Å². The highest BCUT2D eigenvalue weighted by atomic mass is 15.3. The zero-order valence-electron chi connectivity index (χ0n) is 8.43. The molecule has 1 unspecified atom stereocenters. The lowest BCUT2D eigenvalue weighted by atomic mass is 9.95. The van der Waals surface area contributed by atoms with E-state index in [4.69, 9.17) is 0 Å². The van der Waals surface area contributed by atoms with Gasteiger partial charge in [-0.3, -0.25) is 0 Å². The van der Waals surface area contributed by atoms with Crippen molar-refractivity contribution < 1.29 is 0 Å². The molecule has 0 radical (unpaired) electrons. The summed E-state index contributed by atoms with van der Waals surface area (Å²) in [5, 5.41) is 4.38. The molecule has 0 aromatic heterocycles. The first kappa shape index (κ1) is 9.56. The van der Waals surface area contributed by atoms with E-state index >= 15 is 0 Å². The fraction of sp³-hybridized carbons (Fsp3) is 0.900. The molecule has 0 bridgehead atoms. The quantitative estimate of drug-likeness (QED) is 0.639. The standard InChI is InChI=1S/C10H20N2/c1-8(2)10-5-4-9(3)6-7-11-12-10/h8-9,11H,4-7H2,1-3H3/b12-10+. The molecule has 0 saturated heterocycles. The molecule has 70 valence electrons. The van der Waals surface area contributed by atoms with Crippen molar-refractivity contribution in [1.29, 1.82) is 0 Å². The summed E-state index contributed by atoms with van der Waals surface area (Å²) in [4.78, 5) is 0. The van der Waals surface area contributed by atoms with Crippen LogP contribution in [0.1, 0.15) is 40.0 Å². The molecular weight excluding hydrogens is 148 g/mol. The monoisotopic (exact) mass is 168 g/mol. The van der Waals surface area contributed by atoms with Crippen LogP contribution in [0.3, 0.4) is 0 Å². The van der Waals surface area contributed by atoms with E-state index < -0.39 is 0 Å². The van der Waals surface area contributed by atoms with Crippen LogP contribution in [0, 0.1) is 11.8 Å². The zero-order valence-corrected chi connectivity index (χ0v) is 8.43. The number of hydrogen-bond donors (Lipinski definition) is 1. The summed E-state index contributed by atoms with van der Waals surface area (Å²) in [7, 11) is 0. The Morgan fingerprint density at radius 1 is 1.42 bits per heavy atom. The molecule has 1 aliphatic rings. The fourth-order valence-corrected chi connectivity index (χ4v) is 1.48. The van der Waals surface area contributed by atoms with E-state index in [1.54, 1.807) is 0 Å². The second-order valence-electron chi connectivity index (χ2n) is 4.10. The van der Waals surface area contributed by atoms with Crippen molar-refractivity contribution in [2.45, 2.75) is 40.0 Å². The third kappa shape index (κ3) is 2.84. The van der Waals surface area contributed by atoms with Gasteiger partial charge in [-0.05, 0) is 31.1 Å². The van der Waals surface area contributed by atoms with Crippen LogP contribution in [0.15, 0.2) is 5.10 Å². The first-order valence-electron chi connectivity index (χ1n) is 4.99. The molecule has 0 fully saturated rings. The van der Waals surface area contributed by atoms with Gasteiger partial charge in [0.2, 0.25) is 0 Å². The molecular formula is C10H20N2. The number of hydrogen-bond acceptors (Lipinski definition) is 2. The van der Waals surface area contributed by atoms with E-state index in [0.717, 1.165) is 12.5 Å². The third-order valence-electron chi connectivity index (χ3n) is 2.53. The third-order valence-corrected chi connectivity index (χ3v) is 2.53. The molecule has 2 nitrogen and oxygen atoms in total. The second-order valence-corrected chi connectivity index (χ2v) is 4.10. The number of rotatable bonds is 1. The van der Waals surface area contributed by atoms with Crippen LogP contribution in [-0.2, 0) is 0 Å². The molecule has 0 saturated carbocycles. The molecule has 12 heavy (non-hydrogen) atoms. The van der Waals surface area contributed by atoms with E-state index in [2.05, 4.69) is 31.3 Å². The molecule has 0 spiro atoms. The topological polar surface area (TPSA) is 24.4 Å². The first-order valence-corrected chi connectivity index (χ1v) is 4.99. The molecule has 0 aliphatic carbocycles. The van der Waals surface area contributed by atoms with Gasteiger partial charge in [-0.25, -0.2) is 0 Å². The Kier molecular flexibility index (Phi) is 3.57. The Balaban J connectivity index is 2.50. The molecule has 2 heteroatoms. The van der Waals surface area contributed by atoms with Crippen molar-refractivity contribution in [3.63, 3.8) is 0 Å². The molecule has 1 N–H and O–H groups in total. The van der Waals surface area contributed by atoms with Crippen LogP contribution in [0.25, 0.3) is 0 Å². The molecule has 1 heterocycles. The lowest BCUT2D eigenvalue weighted by Crippen LogP contribution is -2.21. The van der Waals surface area contributed by atoms with E-state index in [1.165, 1.54) is 25.0 Å². The van der Waals surface area contributed by atoms with Crippen LogP contribution in [0.2, 0.25) is 0 Å². The lowest BCUT2D eigenvalue weighted by Gasteiger charge is -2.18. The number of hydrazone groups is 1. The van der Waals surface area contributed by atoms with Gasteiger partial charge >= 0.3 is 0 Å². The SMILES string of the molecule is CC1CCN/N=C(/C(C)C)CC1. The van der Waals surface area contributed by atoms with Gasteiger partial charge in [0, 0.05) is 12.3 Å². The van der Waals surface area contributed by atoms with E-state index in [1.807, 2.05) is 0 Å². The average molecular weight is 168 g/mol. The summed E-state index contributed by atoms with van der Waals surface area (Å²) in [5.74, 6) is 1.45. The molecule has 0 aromatic rings. The highest BCUT2D eigenvalue weighted by Crippen LogP contribution is 2.14. The Labute approximate surface area is 75.4 Å². The van der Waals surface area contributed by atoms with Crippen LogP contribution in [0.5, 0.6) is 0 Å². The number of nitrogens with zero attached hydrogens (tertiary/aromatic N) is 1. The minimum Gasteiger partial charge on any atom is -0.310 e. The molecule has 1 aliphatic heterocycles. The minimum absolute atomic E-state index is 0.600. The predicted molar refractivity (Wildman–Crippen MR) is 53.3 cm³/mol. The van der Waals surface area contributed by atoms with Crippen molar-refractivity contribution in [2.75, 3.05) is 6.54 Å². The van der Waals surface area contributed by atoms with Gasteiger partial charge in [0.05, 0.1) is 0 Å². The summed E-state index contributed by atoms with van der Waals surface area (Å²) in [5.41, 5.74) is 4.47. The summed E-state index contributed by atoms with van der Waals surface area (Å²) in [6.07, 6.45) is 3.74. The van der Waals surface area contributed by atoms with Gasteiger partial charge in [-0.15, -0.1) is 0 Å². The number of nitrogens with one attached hydrogen (secondary N) is 1. The Morgan fingerprint density at radius 2 is 2.17 bits per heavy atom. The van der Waals surface area contributed by atoms with Crippen molar-refractivity contribution in [1.82, 2.24) is 5.43 Å². The summed E-state index contributed by atoms with van der Waals surface area (Å²) in [6.45, 7) is 7.79. The van der Waals surface area contributed by atoms with E-state index in [0.29, 0.717) is 5.92 Å². The van der Waals surface area contributed by atoms with Crippen molar-refractivity contribution in [3.05, 3.63) is 0 Å². The predicted octanol–water partition coefficient (Wildman–Crippen LogP) is 2.41. The average Bonchev–Trinajstić information content (AvgIpc) is 1.97. The fourth-order valence-electron chi connectivity index (χ4n) is 1.48. The summed E-state index contributed by atoms with van der Waals surface area (Å²) in [6, 6.07) is 0. The highest BCUT2D eigenvalue weighted by Gasteiger charge is 2.10. The lowest BCUT2D eigenvalue weighted by molar-refractivity contribution is 0.466.